The van der Waals surface area contributed by atoms with Gasteiger partial charge in [0.05, 0.1) is 0 Å². The molecule has 1 aliphatic carbocycles. The predicted octanol–water partition coefficient (Wildman–Crippen LogP) is 2.90. The molecule has 5 nitrogen and oxygen atoms in total. The van der Waals surface area contributed by atoms with E-state index in [0.717, 1.165) is 19.3 Å². The zero-order chi connectivity index (χ0) is 16.1. The molecule has 6 heteroatoms. The molecule has 0 spiro atoms. The molecule has 1 amide bonds. The van der Waals surface area contributed by atoms with E-state index in [1.54, 1.807) is 0 Å². The van der Waals surface area contributed by atoms with Crippen LogP contribution in [0.5, 0.6) is 5.75 Å². The second-order valence-electron chi connectivity index (χ2n) is 5.67. The first-order valence-electron chi connectivity index (χ1n) is 7.42. The topological polar surface area (TPSA) is 75.6 Å². The maximum absolute atomic E-state index is 11.9. The highest BCUT2D eigenvalue weighted by Gasteiger charge is 2.23. The SMILES string of the molecule is C[C@H]1CCCC[C@H]1NC(=O)COC(=O)c1ccc(Cl)cc1O. The summed E-state index contributed by atoms with van der Waals surface area (Å²) in [4.78, 5) is 23.7. The minimum absolute atomic E-state index is 0.0109. The Morgan fingerprint density at radius 3 is 2.77 bits per heavy atom. The van der Waals surface area contributed by atoms with Crippen LogP contribution in [0.15, 0.2) is 18.2 Å². The van der Waals surface area contributed by atoms with Gasteiger partial charge in [-0.25, -0.2) is 4.79 Å². The number of ether oxygens (including phenoxy) is 1. The Morgan fingerprint density at radius 1 is 1.36 bits per heavy atom. The average Bonchev–Trinajstić information content (AvgIpc) is 2.47. The zero-order valence-corrected chi connectivity index (χ0v) is 13.2. The molecule has 2 atom stereocenters. The molecule has 120 valence electrons. The molecular weight excluding hydrogens is 306 g/mol. The number of phenolic OH excluding ortho intramolecular Hbond substituents is 1. The highest BCUT2D eigenvalue weighted by atomic mass is 35.5. The number of hydrogen-bond donors (Lipinski definition) is 2. The molecule has 0 unspecified atom stereocenters. The summed E-state index contributed by atoms with van der Waals surface area (Å²) in [5.74, 6) is -0.894. The number of esters is 1. The van der Waals surface area contributed by atoms with E-state index in [0.29, 0.717) is 10.9 Å². The van der Waals surface area contributed by atoms with Crippen molar-refractivity contribution in [2.75, 3.05) is 6.61 Å². The fourth-order valence-corrected chi connectivity index (χ4v) is 2.83. The number of carbonyl (C=O) groups excluding carboxylic acids is 2. The Labute approximate surface area is 134 Å². The molecule has 0 saturated heterocycles. The highest BCUT2D eigenvalue weighted by Crippen LogP contribution is 2.24. The van der Waals surface area contributed by atoms with Crippen LogP contribution < -0.4 is 5.32 Å². The summed E-state index contributed by atoms with van der Waals surface area (Å²) in [6.07, 6.45) is 4.36. The average molecular weight is 326 g/mol. The van der Waals surface area contributed by atoms with Crippen molar-refractivity contribution in [3.63, 3.8) is 0 Å². The summed E-state index contributed by atoms with van der Waals surface area (Å²) < 4.78 is 4.93. The van der Waals surface area contributed by atoms with E-state index in [9.17, 15) is 14.7 Å². The Hall–Kier alpha value is -1.75. The van der Waals surface area contributed by atoms with Gasteiger partial charge in [0, 0.05) is 11.1 Å². The third-order valence-corrected chi connectivity index (χ3v) is 4.21. The standard InChI is InChI=1S/C16H20ClNO4/c1-10-4-2-3-5-13(10)18-15(20)9-22-16(21)12-7-6-11(17)8-14(12)19/h6-8,10,13,19H,2-5,9H2,1H3,(H,18,20)/t10-,13+/m0/s1. The number of nitrogens with one attached hydrogen (secondary N) is 1. The van der Waals surface area contributed by atoms with Crippen molar-refractivity contribution in [1.82, 2.24) is 5.32 Å². The van der Waals surface area contributed by atoms with E-state index in [2.05, 4.69) is 12.2 Å². The predicted molar refractivity (Wildman–Crippen MR) is 83.0 cm³/mol. The first-order chi connectivity index (χ1) is 10.5. The summed E-state index contributed by atoms with van der Waals surface area (Å²) in [5.41, 5.74) is -0.0109. The lowest BCUT2D eigenvalue weighted by molar-refractivity contribution is -0.125. The van der Waals surface area contributed by atoms with Crippen LogP contribution in [0, 0.1) is 5.92 Å². The Kier molecular flexibility index (Phi) is 5.66. The van der Waals surface area contributed by atoms with Gasteiger partial charge in [0.25, 0.3) is 5.91 Å². The fraction of sp³-hybridized carbons (Fsp3) is 0.500. The van der Waals surface area contributed by atoms with Crippen LogP contribution in [0.2, 0.25) is 5.02 Å². The summed E-state index contributed by atoms with van der Waals surface area (Å²) in [6.45, 7) is 1.76. The molecule has 1 aromatic rings. The molecule has 0 radical (unpaired) electrons. The third kappa shape index (κ3) is 4.37. The van der Waals surface area contributed by atoms with E-state index in [1.165, 1.54) is 24.6 Å². The smallest absolute Gasteiger partial charge is 0.342 e. The highest BCUT2D eigenvalue weighted by molar-refractivity contribution is 6.30. The second kappa shape index (κ2) is 7.49. The van der Waals surface area contributed by atoms with Crippen LogP contribution in [0.3, 0.4) is 0 Å². The number of hydrogen-bond acceptors (Lipinski definition) is 4. The van der Waals surface area contributed by atoms with Crippen molar-refractivity contribution in [2.45, 2.75) is 38.6 Å². The number of benzene rings is 1. The molecule has 1 aliphatic rings. The molecule has 0 aromatic heterocycles. The largest absolute Gasteiger partial charge is 0.507 e. The molecule has 0 heterocycles. The number of rotatable bonds is 4. The van der Waals surface area contributed by atoms with Gasteiger partial charge in [0.15, 0.2) is 6.61 Å². The Bertz CT molecular complexity index is 561. The zero-order valence-electron chi connectivity index (χ0n) is 12.5. The van der Waals surface area contributed by atoms with E-state index < -0.39 is 5.97 Å². The lowest BCUT2D eigenvalue weighted by Gasteiger charge is -2.29. The first-order valence-corrected chi connectivity index (χ1v) is 7.80. The maximum atomic E-state index is 11.9. The van der Waals surface area contributed by atoms with Gasteiger partial charge in [-0.2, -0.15) is 0 Å². The number of halogens is 1. The second-order valence-corrected chi connectivity index (χ2v) is 6.11. The number of carbonyl (C=O) groups is 2. The van der Waals surface area contributed by atoms with Gasteiger partial charge in [-0.15, -0.1) is 0 Å². The van der Waals surface area contributed by atoms with Gasteiger partial charge < -0.3 is 15.2 Å². The number of aromatic hydroxyl groups is 1. The summed E-state index contributed by atoms with van der Waals surface area (Å²) in [7, 11) is 0. The number of amides is 1. The fourth-order valence-electron chi connectivity index (χ4n) is 2.67. The molecule has 2 N–H and O–H groups in total. The molecule has 0 aliphatic heterocycles. The van der Waals surface area contributed by atoms with Crippen LogP contribution in [-0.4, -0.2) is 29.6 Å². The van der Waals surface area contributed by atoms with Crippen molar-refractivity contribution in [2.24, 2.45) is 5.92 Å². The monoisotopic (exact) mass is 325 g/mol. The minimum atomic E-state index is -0.749. The Morgan fingerprint density at radius 2 is 2.09 bits per heavy atom. The van der Waals surface area contributed by atoms with Gasteiger partial charge in [-0.05, 0) is 37.0 Å². The van der Waals surface area contributed by atoms with Gasteiger partial charge in [0.1, 0.15) is 11.3 Å². The van der Waals surface area contributed by atoms with Crippen LogP contribution in [-0.2, 0) is 9.53 Å². The van der Waals surface area contributed by atoms with E-state index >= 15 is 0 Å². The minimum Gasteiger partial charge on any atom is -0.507 e. The van der Waals surface area contributed by atoms with Gasteiger partial charge in [-0.1, -0.05) is 31.4 Å². The maximum Gasteiger partial charge on any atom is 0.342 e. The summed E-state index contributed by atoms with van der Waals surface area (Å²) in [6, 6.07) is 4.23. The first kappa shape index (κ1) is 16.6. The summed E-state index contributed by atoms with van der Waals surface area (Å²) in [5, 5.41) is 12.9. The van der Waals surface area contributed by atoms with E-state index in [1.807, 2.05) is 0 Å². The van der Waals surface area contributed by atoms with Crippen LogP contribution in [0.4, 0.5) is 0 Å². The van der Waals surface area contributed by atoms with Crippen molar-refractivity contribution in [3.05, 3.63) is 28.8 Å². The molecule has 2 rings (SSSR count). The van der Waals surface area contributed by atoms with Crippen molar-refractivity contribution < 1.29 is 19.4 Å². The van der Waals surface area contributed by atoms with Gasteiger partial charge in [-0.3, -0.25) is 4.79 Å². The molecule has 0 bridgehead atoms. The summed E-state index contributed by atoms with van der Waals surface area (Å²) >= 11 is 5.70. The van der Waals surface area contributed by atoms with Crippen molar-refractivity contribution >= 4 is 23.5 Å². The van der Waals surface area contributed by atoms with Crippen LogP contribution in [0.25, 0.3) is 0 Å². The van der Waals surface area contributed by atoms with Gasteiger partial charge >= 0.3 is 5.97 Å². The molecule has 1 fully saturated rings. The lowest BCUT2D eigenvalue weighted by atomic mass is 9.86. The third-order valence-electron chi connectivity index (χ3n) is 3.97. The van der Waals surface area contributed by atoms with E-state index in [-0.39, 0.29) is 29.9 Å². The molecular formula is C16H20ClNO4. The molecule has 1 aromatic carbocycles. The normalized spacial score (nSPS) is 21.2. The van der Waals surface area contributed by atoms with Gasteiger partial charge in [0.2, 0.25) is 0 Å². The lowest BCUT2D eigenvalue weighted by Crippen LogP contribution is -2.42. The molecule has 1 saturated carbocycles. The quantitative estimate of drug-likeness (QED) is 0.835. The van der Waals surface area contributed by atoms with Crippen LogP contribution >= 0.6 is 11.6 Å². The number of phenols is 1. The molecule has 22 heavy (non-hydrogen) atoms. The van der Waals surface area contributed by atoms with Crippen LogP contribution in [0.1, 0.15) is 43.0 Å². The van der Waals surface area contributed by atoms with Crippen molar-refractivity contribution in [3.8, 4) is 5.75 Å². The Balaban J connectivity index is 1.84. The van der Waals surface area contributed by atoms with Crippen molar-refractivity contribution in [1.29, 1.82) is 0 Å². The van der Waals surface area contributed by atoms with E-state index in [4.69, 9.17) is 16.3 Å².